The summed E-state index contributed by atoms with van der Waals surface area (Å²) < 4.78 is 9.41. The molecule has 1 aliphatic rings. The molecular weight excluding hydrogens is 292 g/mol. The number of nitrogens with one attached hydrogen (secondary N) is 1. The molecule has 1 N–H and O–H groups in total. The van der Waals surface area contributed by atoms with E-state index in [-0.39, 0.29) is 12.0 Å². The van der Waals surface area contributed by atoms with Crippen LogP contribution in [-0.4, -0.2) is 55.3 Å². The Bertz CT molecular complexity index is 599. The van der Waals surface area contributed by atoms with Gasteiger partial charge in [-0.05, 0) is 18.0 Å². The molecule has 0 saturated carbocycles. The van der Waals surface area contributed by atoms with E-state index in [0.29, 0.717) is 30.4 Å². The van der Waals surface area contributed by atoms with Gasteiger partial charge in [0.1, 0.15) is 16.8 Å². The lowest BCUT2D eigenvalue weighted by Gasteiger charge is -2.31. The van der Waals surface area contributed by atoms with E-state index in [9.17, 15) is 4.79 Å². The first-order chi connectivity index (χ1) is 10.3. The molecule has 9 heteroatoms. The van der Waals surface area contributed by atoms with Gasteiger partial charge in [0.25, 0.3) is 5.91 Å². The van der Waals surface area contributed by atoms with Crippen LogP contribution in [-0.2, 0) is 11.2 Å². The van der Waals surface area contributed by atoms with Gasteiger partial charge in [0.15, 0.2) is 5.82 Å². The van der Waals surface area contributed by atoms with Crippen molar-refractivity contribution in [1.82, 2.24) is 29.7 Å². The quantitative estimate of drug-likeness (QED) is 0.898. The SMILES string of the molecule is CCCc1nc(C2CN(C(=O)c3cnns3)CCO2)n[nH]1. The number of hydrogen-bond donors (Lipinski definition) is 1. The van der Waals surface area contributed by atoms with Crippen molar-refractivity contribution >= 4 is 17.4 Å². The molecular formula is C12H16N6O2S. The Hall–Kier alpha value is -1.87. The monoisotopic (exact) mass is 308 g/mol. The molecule has 0 bridgehead atoms. The fraction of sp³-hybridized carbons (Fsp3) is 0.583. The first-order valence-corrected chi connectivity index (χ1v) is 7.64. The first kappa shape index (κ1) is 14.1. The highest BCUT2D eigenvalue weighted by molar-refractivity contribution is 7.07. The molecule has 1 saturated heterocycles. The molecule has 0 aromatic carbocycles. The number of ether oxygens (including phenoxy) is 1. The Morgan fingerprint density at radius 3 is 3.29 bits per heavy atom. The van der Waals surface area contributed by atoms with Gasteiger partial charge in [-0.1, -0.05) is 11.4 Å². The highest BCUT2D eigenvalue weighted by Crippen LogP contribution is 2.21. The van der Waals surface area contributed by atoms with E-state index in [1.54, 1.807) is 4.90 Å². The van der Waals surface area contributed by atoms with Crippen molar-refractivity contribution < 1.29 is 9.53 Å². The fourth-order valence-corrected chi connectivity index (χ4v) is 2.69. The van der Waals surface area contributed by atoms with E-state index in [2.05, 4.69) is 31.7 Å². The lowest BCUT2D eigenvalue weighted by Crippen LogP contribution is -2.42. The maximum Gasteiger partial charge on any atom is 0.267 e. The second-order valence-electron chi connectivity index (χ2n) is 4.78. The van der Waals surface area contributed by atoms with Crippen molar-refractivity contribution in [3.8, 4) is 0 Å². The largest absolute Gasteiger partial charge is 0.366 e. The van der Waals surface area contributed by atoms with Gasteiger partial charge in [-0.3, -0.25) is 9.89 Å². The molecule has 1 amide bonds. The molecule has 0 spiro atoms. The van der Waals surface area contributed by atoms with Crippen LogP contribution in [0, 0.1) is 0 Å². The maximum absolute atomic E-state index is 12.3. The van der Waals surface area contributed by atoms with Crippen molar-refractivity contribution in [2.24, 2.45) is 0 Å². The third-order valence-electron chi connectivity index (χ3n) is 3.25. The Morgan fingerprint density at radius 1 is 1.62 bits per heavy atom. The van der Waals surface area contributed by atoms with Crippen LogP contribution in [0.5, 0.6) is 0 Å². The minimum atomic E-state index is -0.287. The number of carbonyl (C=O) groups excluding carboxylic acids is 1. The van der Waals surface area contributed by atoms with Crippen LogP contribution < -0.4 is 0 Å². The molecule has 8 nitrogen and oxygen atoms in total. The van der Waals surface area contributed by atoms with Gasteiger partial charge in [-0.15, -0.1) is 5.10 Å². The summed E-state index contributed by atoms with van der Waals surface area (Å²) in [6, 6.07) is 0. The summed E-state index contributed by atoms with van der Waals surface area (Å²) in [4.78, 5) is 19.0. The van der Waals surface area contributed by atoms with Crippen LogP contribution in [0.15, 0.2) is 6.20 Å². The highest BCUT2D eigenvalue weighted by Gasteiger charge is 2.29. The second-order valence-corrected chi connectivity index (χ2v) is 5.57. The smallest absolute Gasteiger partial charge is 0.267 e. The minimum Gasteiger partial charge on any atom is -0.366 e. The maximum atomic E-state index is 12.3. The van der Waals surface area contributed by atoms with Gasteiger partial charge in [-0.25, -0.2) is 4.98 Å². The van der Waals surface area contributed by atoms with Crippen LogP contribution in [0.3, 0.4) is 0 Å². The molecule has 2 aromatic rings. The van der Waals surface area contributed by atoms with Crippen LogP contribution in [0.25, 0.3) is 0 Å². The van der Waals surface area contributed by atoms with Crippen LogP contribution in [0.4, 0.5) is 0 Å². The van der Waals surface area contributed by atoms with Crippen LogP contribution >= 0.6 is 11.5 Å². The van der Waals surface area contributed by atoms with Gasteiger partial charge >= 0.3 is 0 Å². The summed E-state index contributed by atoms with van der Waals surface area (Å²) in [6.07, 6.45) is 3.06. The molecule has 1 aliphatic heterocycles. The van der Waals surface area contributed by atoms with Crippen molar-refractivity contribution in [2.75, 3.05) is 19.7 Å². The molecule has 1 atom stereocenters. The van der Waals surface area contributed by atoms with E-state index in [4.69, 9.17) is 4.74 Å². The van der Waals surface area contributed by atoms with E-state index in [1.807, 2.05) is 0 Å². The molecule has 1 unspecified atom stereocenters. The molecule has 0 radical (unpaired) electrons. The Kier molecular flexibility index (Phi) is 4.20. The fourth-order valence-electron chi connectivity index (χ4n) is 2.21. The summed E-state index contributed by atoms with van der Waals surface area (Å²) in [7, 11) is 0. The number of aromatic nitrogens is 5. The van der Waals surface area contributed by atoms with Gasteiger partial charge < -0.3 is 9.64 Å². The van der Waals surface area contributed by atoms with Gasteiger partial charge in [-0.2, -0.15) is 5.10 Å². The average molecular weight is 308 g/mol. The molecule has 3 rings (SSSR count). The summed E-state index contributed by atoms with van der Waals surface area (Å²) in [6.45, 7) is 3.56. The molecule has 21 heavy (non-hydrogen) atoms. The number of hydrogen-bond acceptors (Lipinski definition) is 7. The number of rotatable bonds is 4. The molecule has 112 valence electrons. The predicted octanol–water partition coefficient (Wildman–Crippen LogP) is 0.822. The third kappa shape index (κ3) is 3.08. The summed E-state index contributed by atoms with van der Waals surface area (Å²) in [5.41, 5.74) is 0. The molecule has 2 aromatic heterocycles. The van der Waals surface area contributed by atoms with E-state index in [0.717, 1.165) is 30.2 Å². The third-order valence-corrected chi connectivity index (χ3v) is 3.90. The van der Waals surface area contributed by atoms with E-state index in [1.165, 1.54) is 6.20 Å². The average Bonchev–Trinajstić information content (AvgIpc) is 3.18. The summed E-state index contributed by atoms with van der Waals surface area (Å²) in [5, 5.41) is 10.8. The molecule has 3 heterocycles. The highest BCUT2D eigenvalue weighted by atomic mass is 32.1. The van der Waals surface area contributed by atoms with Gasteiger partial charge in [0, 0.05) is 13.0 Å². The predicted molar refractivity (Wildman–Crippen MR) is 74.9 cm³/mol. The zero-order chi connectivity index (χ0) is 14.7. The van der Waals surface area contributed by atoms with Crippen LogP contribution in [0.2, 0.25) is 0 Å². The summed E-state index contributed by atoms with van der Waals surface area (Å²) >= 11 is 1.10. The number of amides is 1. The zero-order valence-electron chi connectivity index (χ0n) is 11.7. The van der Waals surface area contributed by atoms with E-state index >= 15 is 0 Å². The Labute approximate surface area is 125 Å². The minimum absolute atomic E-state index is 0.0670. The number of morpholine rings is 1. The van der Waals surface area contributed by atoms with Crippen molar-refractivity contribution in [3.05, 3.63) is 22.7 Å². The number of aromatic amines is 1. The molecule has 0 aliphatic carbocycles. The number of H-pyrrole nitrogens is 1. The topological polar surface area (TPSA) is 96.9 Å². The van der Waals surface area contributed by atoms with Crippen LogP contribution in [0.1, 0.15) is 40.8 Å². The number of nitrogens with zero attached hydrogens (tertiary/aromatic N) is 5. The second kappa shape index (κ2) is 6.27. The Balaban J connectivity index is 1.69. The normalized spacial score (nSPS) is 18.9. The zero-order valence-corrected chi connectivity index (χ0v) is 12.5. The van der Waals surface area contributed by atoms with Crippen molar-refractivity contribution in [2.45, 2.75) is 25.9 Å². The van der Waals surface area contributed by atoms with Gasteiger partial charge in [0.05, 0.1) is 19.3 Å². The lowest BCUT2D eigenvalue weighted by molar-refractivity contribution is -0.0265. The first-order valence-electron chi connectivity index (χ1n) is 6.87. The summed E-state index contributed by atoms with van der Waals surface area (Å²) in [5.74, 6) is 1.40. The lowest BCUT2D eigenvalue weighted by atomic mass is 10.2. The Morgan fingerprint density at radius 2 is 2.52 bits per heavy atom. The number of aryl methyl sites for hydroxylation is 1. The molecule has 1 fully saturated rings. The van der Waals surface area contributed by atoms with E-state index < -0.39 is 0 Å². The van der Waals surface area contributed by atoms with Gasteiger partial charge in [0.2, 0.25) is 0 Å². The van der Waals surface area contributed by atoms with Crippen molar-refractivity contribution in [1.29, 1.82) is 0 Å². The van der Waals surface area contributed by atoms with Crippen molar-refractivity contribution in [3.63, 3.8) is 0 Å². The standard InChI is InChI=1S/C12H16N6O2S/c1-2-3-10-14-11(16-15-10)8-7-18(4-5-20-8)12(19)9-6-13-17-21-9/h6,8H,2-5,7H2,1H3,(H,14,15,16). The number of carbonyl (C=O) groups is 1.